The van der Waals surface area contributed by atoms with E-state index < -0.39 is 0 Å². The lowest BCUT2D eigenvalue weighted by Crippen LogP contribution is -1.88. The van der Waals surface area contributed by atoms with Gasteiger partial charge in [0.05, 0.1) is 12.6 Å². The summed E-state index contributed by atoms with van der Waals surface area (Å²) in [5, 5.41) is 8.57. The zero-order valence-corrected chi connectivity index (χ0v) is 12.8. The third-order valence-corrected chi connectivity index (χ3v) is 4.73. The summed E-state index contributed by atoms with van der Waals surface area (Å²) in [4.78, 5) is 3.36. The summed E-state index contributed by atoms with van der Waals surface area (Å²) in [6.45, 7) is 0. The molecule has 1 N–H and O–H groups in total. The lowest BCUT2D eigenvalue weighted by molar-refractivity contribution is 0.420. The van der Waals surface area contributed by atoms with Crippen molar-refractivity contribution in [1.29, 1.82) is 0 Å². The molecule has 0 amide bonds. The molecule has 2 nitrogen and oxygen atoms in total. The van der Waals surface area contributed by atoms with Gasteiger partial charge >= 0.3 is 0 Å². The van der Waals surface area contributed by atoms with E-state index in [1.165, 1.54) is 43.2 Å². The Morgan fingerprint density at radius 2 is 1.52 bits per heavy atom. The number of aromatic nitrogens is 1. The van der Waals surface area contributed by atoms with Gasteiger partial charge in [-0.2, -0.15) is 0 Å². The van der Waals surface area contributed by atoms with Crippen LogP contribution in [0, 0.1) is 0 Å². The molecule has 0 aliphatic rings. The first-order valence-corrected chi connectivity index (χ1v) is 7.75. The van der Waals surface area contributed by atoms with Crippen LogP contribution in [0.1, 0.15) is 0 Å². The Balaban J connectivity index is 2.09. The highest BCUT2D eigenvalue weighted by Gasteiger charge is 2.12. The second kappa shape index (κ2) is 4.50. The smallest absolute Gasteiger partial charge is 0.127 e. The van der Waals surface area contributed by atoms with Crippen molar-refractivity contribution in [1.82, 2.24) is 4.98 Å². The summed E-state index contributed by atoms with van der Waals surface area (Å²) in [6, 6.07) is 21.5. The molecule has 23 heavy (non-hydrogen) atoms. The monoisotopic (exact) mass is 297 g/mol. The number of hydrogen-bond donors (Lipinski definition) is 1. The van der Waals surface area contributed by atoms with Gasteiger partial charge in [-0.05, 0) is 33.7 Å². The van der Waals surface area contributed by atoms with Gasteiger partial charge in [0.25, 0.3) is 0 Å². The third-order valence-electron chi connectivity index (χ3n) is 4.73. The van der Waals surface area contributed by atoms with Crippen molar-refractivity contribution in [2.24, 2.45) is 0 Å². The van der Waals surface area contributed by atoms with Crippen LogP contribution < -0.4 is 4.74 Å². The standard InChI is InChI=1S/C21H15NO/c1-23-19-12-14-4-2-3-5-15(14)16-8-9-18-17(20(16)19)7-6-13-10-11-22-21(13)18/h2-12,22H,1H3. The summed E-state index contributed by atoms with van der Waals surface area (Å²) in [6.07, 6.45) is 1.99. The predicted molar refractivity (Wildman–Crippen MR) is 97.4 cm³/mol. The van der Waals surface area contributed by atoms with Crippen molar-refractivity contribution in [3.05, 3.63) is 66.9 Å². The summed E-state index contributed by atoms with van der Waals surface area (Å²) in [5.41, 5.74) is 1.18. The fourth-order valence-corrected chi connectivity index (χ4v) is 3.67. The highest BCUT2D eigenvalue weighted by Crippen LogP contribution is 2.39. The van der Waals surface area contributed by atoms with Gasteiger partial charge in [-0.1, -0.05) is 48.5 Å². The molecule has 0 saturated carbocycles. The fourth-order valence-electron chi connectivity index (χ4n) is 3.67. The molecule has 1 heterocycles. The Labute approximate surface area is 133 Å². The number of rotatable bonds is 1. The van der Waals surface area contributed by atoms with Crippen molar-refractivity contribution in [2.75, 3.05) is 7.11 Å². The Morgan fingerprint density at radius 3 is 2.43 bits per heavy atom. The van der Waals surface area contributed by atoms with E-state index in [1.807, 2.05) is 6.20 Å². The maximum Gasteiger partial charge on any atom is 0.127 e. The third kappa shape index (κ3) is 1.63. The second-order valence-corrected chi connectivity index (χ2v) is 5.89. The average Bonchev–Trinajstić information content (AvgIpc) is 3.09. The average molecular weight is 297 g/mol. The van der Waals surface area contributed by atoms with E-state index in [9.17, 15) is 0 Å². The first-order valence-electron chi connectivity index (χ1n) is 7.75. The number of nitrogens with one attached hydrogen (secondary N) is 1. The highest BCUT2D eigenvalue weighted by molar-refractivity contribution is 6.23. The van der Waals surface area contributed by atoms with Gasteiger partial charge in [-0.25, -0.2) is 0 Å². The van der Waals surface area contributed by atoms with Crippen molar-refractivity contribution in [3.8, 4) is 5.75 Å². The Hall–Kier alpha value is -3.00. The van der Waals surface area contributed by atoms with Crippen molar-refractivity contribution in [3.63, 3.8) is 0 Å². The number of ether oxygens (including phenoxy) is 1. The molecule has 0 aliphatic carbocycles. The van der Waals surface area contributed by atoms with Gasteiger partial charge in [0, 0.05) is 22.4 Å². The zero-order chi connectivity index (χ0) is 15.4. The molecule has 0 atom stereocenters. The molecule has 0 unspecified atom stereocenters. The maximum absolute atomic E-state index is 5.73. The van der Waals surface area contributed by atoms with Crippen LogP contribution in [0.3, 0.4) is 0 Å². The van der Waals surface area contributed by atoms with E-state index in [0.717, 1.165) is 5.75 Å². The van der Waals surface area contributed by atoms with E-state index in [-0.39, 0.29) is 0 Å². The quantitative estimate of drug-likeness (QED) is 0.398. The maximum atomic E-state index is 5.73. The van der Waals surface area contributed by atoms with Crippen molar-refractivity contribution in [2.45, 2.75) is 0 Å². The Bertz CT molecular complexity index is 1200. The minimum Gasteiger partial charge on any atom is -0.496 e. The number of methoxy groups -OCH3 is 1. The first-order chi connectivity index (χ1) is 11.4. The van der Waals surface area contributed by atoms with Crippen LogP contribution >= 0.6 is 0 Å². The molecule has 0 fully saturated rings. The predicted octanol–water partition coefficient (Wildman–Crippen LogP) is 5.64. The summed E-state index contributed by atoms with van der Waals surface area (Å²) >= 11 is 0. The van der Waals surface area contributed by atoms with Gasteiger partial charge in [0.15, 0.2) is 0 Å². The van der Waals surface area contributed by atoms with Crippen LogP contribution in [0.5, 0.6) is 5.75 Å². The van der Waals surface area contributed by atoms with Gasteiger partial charge in [0.1, 0.15) is 5.75 Å². The van der Waals surface area contributed by atoms with Crippen LogP contribution in [0.25, 0.3) is 43.2 Å². The largest absolute Gasteiger partial charge is 0.496 e. The van der Waals surface area contributed by atoms with Crippen LogP contribution in [-0.4, -0.2) is 12.1 Å². The molecule has 5 rings (SSSR count). The van der Waals surface area contributed by atoms with Crippen molar-refractivity contribution < 1.29 is 4.74 Å². The normalized spacial score (nSPS) is 11.7. The van der Waals surface area contributed by atoms with Crippen LogP contribution in [-0.2, 0) is 0 Å². The van der Waals surface area contributed by atoms with E-state index in [1.54, 1.807) is 7.11 Å². The molecule has 0 radical (unpaired) electrons. The number of hydrogen-bond acceptors (Lipinski definition) is 1. The fraction of sp³-hybridized carbons (Fsp3) is 0.0476. The van der Waals surface area contributed by atoms with Gasteiger partial charge in [-0.3, -0.25) is 0 Å². The molecule has 0 saturated heterocycles. The minimum atomic E-state index is 0.926. The number of aromatic amines is 1. The molecule has 0 bridgehead atoms. The molecule has 0 aliphatic heterocycles. The number of benzene rings is 4. The van der Waals surface area contributed by atoms with Gasteiger partial charge in [0.2, 0.25) is 0 Å². The Morgan fingerprint density at radius 1 is 0.739 bits per heavy atom. The summed E-state index contributed by atoms with van der Waals surface area (Å²) in [7, 11) is 1.75. The molecular weight excluding hydrogens is 282 g/mol. The highest BCUT2D eigenvalue weighted by atomic mass is 16.5. The molecule has 0 spiro atoms. The zero-order valence-electron chi connectivity index (χ0n) is 12.8. The topological polar surface area (TPSA) is 25.0 Å². The van der Waals surface area contributed by atoms with E-state index in [4.69, 9.17) is 4.74 Å². The molecule has 4 aromatic carbocycles. The van der Waals surface area contributed by atoms with Crippen LogP contribution in [0.2, 0.25) is 0 Å². The first kappa shape index (κ1) is 12.5. The van der Waals surface area contributed by atoms with Gasteiger partial charge in [-0.15, -0.1) is 0 Å². The summed E-state index contributed by atoms with van der Waals surface area (Å²) < 4.78 is 5.73. The molecule has 110 valence electrons. The molecule has 1 aromatic heterocycles. The SMILES string of the molecule is COc1cc2ccccc2c2ccc3c(ccc4cc[nH]c43)c12. The number of fused-ring (bicyclic) bond motifs is 7. The lowest BCUT2D eigenvalue weighted by atomic mass is 9.95. The second-order valence-electron chi connectivity index (χ2n) is 5.89. The molecule has 2 heteroatoms. The Kier molecular flexibility index (Phi) is 2.45. The summed E-state index contributed by atoms with van der Waals surface area (Å²) in [5.74, 6) is 0.926. The van der Waals surface area contributed by atoms with Crippen molar-refractivity contribution >= 4 is 43.2 Å². The molecular formula is C21H15NO. The number of H-pyrrole nitrogens is 1. The van der Waals surface area contributed by atoms with Gasteiger partial charge < -0.3 is 9.72 Å². The van der Waals surface area contributed by atoms with Crippen LogP contribution in [0.4, 0.5) is 0 Å². The van der Waals surface area contributed by atoms with E-state index in [2.05, 4.69) is 65.6 Å². The molecule has 5 aromatic rings. The van der Waals surface area contributed by atoms with E-state index in [0.29, 0.717) is 0 Å². The van der Waals surface area contributed by atoms with Crippen LogP contribution in [0.15, 0.2) is 66.9 Å². The minimum absolute atomic E-state index is 0.926. The lowest BCUT2D eigenvalue weighted by Gasteiger charge is -2.12. The van der Waals surface area contributed by atoms with E-state index >= 15 is 0 Å².